The quantitative estimate of drug-likeness (QED) is 0.0403. The van der Waals surface area contributed by atoms with E-state index in [1.165, 1.54) is 62.6 Å². The lowest BCUT2D eigenvalue weighted by Crippen LogP contribution is -2.64. The van der Waals surface area contributed by atoms with Crippen molar-refractivity contribution >= 4 is 58.6 Å². The van der Waals surface area contributed by atoms with Crippen molar-refractivity contribution in [3.8, 4) is 33.2 Å². The molecule has 6 fully saturated rings. The molecule has 6 heterocycles. The molecule has 2 aliphatic carbocycles. The molecule has 13 atom stereocenters. The maximum Gasteiger partial charge on any atom is 0.248 e. The average Bonchev–Trinajstić information content (AvgIpc) is 1.63. The number of nitrogens with zero attached hydrogens (tertiary/aromatic N) is 7. The summed E-state index contributed by atoms with van der Waals surface area (Å²) >= 11 is 1.53. The number of carbonyl (C=O) groups excluding carboxylic acids is 7. The molecule has 6 aliphatic rings. The largest absolute Gasteiger partial charge is 0.504 e. The Balaban J connectivity index is 0.821. The van der Waals surface area contributed by atoms with Crippen molar-refractivity contribution < 1.29 is 83.9 Å². The van der Waals surface area contributed by atoms with E-state index in [2.05, 4.69) is 47.0 Å². The summed E-state index contributed by atoms with van der Waals surface area (Å²) in [5.74, 6) is -8.03. The Morgan fingerprint density at radius 1 is 0.733 bits per heavy atom. The van der Waals surface area contributed by atoms with Crippen LogP contribution in [0.2, 0.25) is 0 Å². The lowest BCUT2D eigenvalue weighted by atomic mass is 9.82. The highest BCUT2D eigenvalue weighted by molar-refractivity contribution is 7.14. The molecule has 2 aromatic carbocycles. The fraction of sp³-hybridized carbons (Fsp3) is 0.638. The number of ether oxygens (including phenoxy) is 2. The molecule has 4 aromatic rings. The number of β-amino-alcohol motifs (C(OH)–C–C–N with tert-alkyl or cyclic N) is 1. The number of nitrogens with two attached hydrogens (primary N) is 1. The highest BCUT2D eigenvalue weighted by Gasteiger charge is 2.50. The molecule has 0 spiro atoms. The van der Waals surface area contributed by atoms with Gasteiger partial charge in [-0.1, -0.05) is 67.9 Å². The maximum atomic E-state index is 14.8. The monoisotopic (exact) mass is 1430 g/mol. The van der Waals surface area contributed by atoms with Gasteiger partial charge >= 0.3 is 0 Å². The van der Waals surface area contributed by atoms with Crippen LogP contribution in [0.15, 0.2) is 54.9 Å². The number of rotatable bonds is 22. The van der Waals surface area contributed by atoms with E-state index in [4.69, 9.17) is 30.3 Å². The predicted molar refractivity (Wildman–Crippen MR) is 367 cm³/mol. The van der Waals surface area contributed by atoms with Crippen molar-refractivity contribution in [1.29, 1.82) is 0 Å². The molecular formula is C69H98N14O17S. The normalized spacial score (nSPS) is 28.2. The second-order valence-corrected chi connectivity index (χ2v) is 28.8. The number of aliphatic hydroxyl groups is 7. The van der Waals surface area contributed by atoms with Crippen LogP contribution in [0, 0.1) is 11.8 Å². The Morgan fingerprint density at radius 3 is 2.10 bits per heavy atom. The molecule has 552 valence electrons. The van der Waals surface area contributed by atoms with Gasteiger partial charge in [0.25, 0.3) is 0 Å². The first-order chi connectivity index (χ1) is 48.5. The number of phenols is 1. The number of carbonyl (C=O) groups is 7. The van der Waals surface area contributed by atoms with Crippen LogP contribution in [0.5, 0.6) is 11.5 Å². The fourth-order valence-electron chi connectivity index (χ4n) is 14.4. The van der Waals surface area contributed by atoms with Gasteiger partial charge in [0.05, 0.1) is 67.9 Å². The van der Waals surface area contributed by atoms with Crippen LogP contribution in [0.4, 0.5) is 5.95 Å². The molecule has 0 bridgehead atoms. The summed E-state index contributed by atoms with van der Waals surface area (Å²) < 4.78 is 12.1. The summed E-state index contributed by atoms with van der Waals surface area (Å²) in [5.41, 5.74) is 8.48. The highest BCUT2D eigenvalue weighted by atomic mass is 32.1. The number of hydrogen-bond donors (Lipinski definition) is 15. The van der Waals surface area contributed by atoms with Gasteiger partial charge in [-0.25, -0.2) is 9.97 Å². The molecule has 4 aliphatic heterocycles. The summed E-state index contributed by atoms with van der Waals surface area (Å²) in [7, 11) is 0. The number of amides is 7. The van der Waals surface area contributed by atoms with Crippen molar-refractivity contribution in [3.63, 3.8) is 0 Å². The van der Waals surface area contributed by atoms with E-state index in [0.29, 0.717) is 24.9 Å². The number of fused-ring (bicyclic) bond motifs is 2. The van der Waals surface area contributed by atoms with Crippen LogP contribution in [0.25, 0.3) is 21.7 Å². The van der Waals surface area contributed by atoms with Gasteiger partial charge in [-0.05, 0) is 100 Å². The Labute approximate surface area is 589 Å². The number of nitrogens with one attached hydrogen (secondary N) is 6. The number of aromatic nitrogens is 4. The molecule has 101 heavy (non-hydrogen) atoms. The highest BCUT2D eigenvalue weighted by Crippen LogP contribution is 2.39. The first kappa shape index (κ1) is 76.0. The number of aliphatic hydroxyl groups excluding tert-OH is 7. The van der Waals surface area contributed by atoms with E-state index in [-0.39, 0.29) is 74.4 Å². The molecule has 0 unspecified atom stereocenters. The smallest absolute Gasteiger partial charge is 0.248 e. The van der Waals surface area contributed by atoms with Gasteiger partial charge in [-0.2, -0.15) is 0 Å². The first-order valence-corrected chi connectivity index (χ1v) is 36.2. The van der Waals surface area contributed by atoms with Crippen molar-refractivity contribution in [2.75, 3.05) is 70.5 Å². The Hall–Kier alpha value is -7.63. The first-order valence-electron chi connectivity index (χ1n) is 35.3. The summed E-state index contributed by atoms with van der Waals surface area (Å²) in [6.07, 6.45) is 2.93. The standard InChI is InChI=1S/C69H98N14O17S/c1-37-35-83-59(60(37)92)64(96)73-34-45(86)28-49(72-31-39-8-11-42(12-9-39)65-79-80-66(101-65)43-15-13-41(14-16-43)44-32-74-69(75-33-44)81-22-18-48(19-23-81)100-47-6-4-3-5-7-47)61(93)76-56(38(2)85)67(97)82-36-46(87)29-50(82)62(94)77-57(63(95)78-58(68(83)98)53(90)30-55(70)91)52(89)26-40-10-17-51(88)54(27-40)99-25-21-71-20-24-84/h10,13-17,27,32-33,37-39,42,45-50,52-53,56-60,71-72,84-90,92H,3-9,11-12,18-26,28-31,34-36H2,1-2H3,(H2,70,91)(H,73,96)(H,76,93)(H,77,94)(H,78,95)/t37-,38+,39-,42-,45+,46+,49-,50-,52+,53+,56-,57-,58-,59-,60-/m0/s1. The van der Waals surface area contributed by atoms with Crippen molar-refractivity contribution in [2.45, 2.75) is 201 Å². The van der Waals surface area contributed by atoms with E-state index in [0.717, 1.165) is 88.1 Å². The lowest BCUT2D eigenvalue weighted by Gasteiger charge is -2.34. The van der Waals surface area contributed by atoms with Crippen LogP contribution < -0.4 is 47.3 Å². The van der Waals surface area contributed by atoms with E-state index in [1.54, 1.807) is 0 Å². The molecular weight excluding hydrogens is 1330 g/mol. The Morgan fingerprint density at radius 2 is 1.41 bits per heavy atom. The number of primary amides is 1. The number of anilines is 1. The Bertz CT molecular complexity index is 3450. The van der Waals surface area contributed by atoms with Crippen LogP contribution in [0.1, 0.15) is 120 Å². The second-order valence-electron chi connectivity index (χ2n) is 27.8. The third kappa shape index (κ3) is 19.8. The van der Waals surface area contributed by atoms with Crippen LogP contribution in [0.3, 0.4) is 0 Å². The number of aromatic hydroxyl groups is 1. The lowest BCUT2D eigenvalue weighted by molar-refractivity contribution is -0.147. The zero-order chi connectivity index (χ0) is 72.0. The van der Waals surface area contributed by atoms with E-state index < -0.39 is 159 Å². The zero-order valence-electron chi connectivity index (χ0n) is 57.1. The molecule has 0 radical (unpaired) electrons. The third-order valence-corrected chi connectivity index (χ3v) is 21.3. The third-order valence-electron chi connectivity index (χ3n) is 20.2. The van der Waals surface area contributed by atoms with Crippen LogP contribution in [-0.4, -0.2) is 263 Å². The van der Waals surface area contributed by atoms with Crippen molar-refractivity contribution in [3.05, 3.63) is 65.4 Å². The summed E-state index contributed by atoms with van der Waals surface area (Å²) in [5, 5.41) is 116. The number of benzene rings is 2. The maximum absolute atomic E-state index is 14.8. The summed E-state index contributed by atoms with van der Waals surface area (Å²) in [4.78, 5) is 114. The SMILES string of the molecule is C[C@@H](O)[C@@H]1NC(=O)[C@@H](NC[C@H]2CC[C@H](c3nnc(-c4ccc(-c5cnc(N6CCC(OC7CCCCC7)CC6)nc5)cc4)s3)CC2)C[C@@H](O)CNC(=O)[C@@H]2[C@@H](O)[C@@H](C)CN2C(=O)[C@H]([C@H](O)CC(N)=O)NC(=O)[C@H]([C@H](O)Cc2ccc(O)c(OCCNCCO)c2)NC(=O)[C@@H]2C[C@@H](O)CN2C1=O. The van der Waals surface area contributed by atoms with Gasteiger partial charge in [-0.3, -0.25) is 33.6 Å². The summed E-state index contributed by atoms with van der Waals surface area (Å²) in [6.45, 7) is 3.74. The van der Waals surface area contributed by atoms with E-state index in [9.17, 15) is 69.3 Å². The minimum absolute atomic E-state index is 0.00303. The van der Waals surface area contributed by atoms with Crippen molar-refractivity contribution in [2.24, 2.45) is 17.6 Å². The molecule has 31 nitrogen and oxygen atoms in total. The van der Waals surface area contributed by atoms with E-state index in [1.807, 2.05) is 36.7 Å². The van der Waals surface area contributed by atoms with Gasteiger partial charge in [0.1, 0.15) is 46.8 Å². The van der Waals surface area contributed by atoms with E-state index >= 15 is 0 Å². The van der Waals surface area contributed by atoms with Gasteiger partial charge in [0.2, 0.25) is 47.3 Å². The molecule has 7 amide bonds. The van der Waals surface area contributed by atoms with Gasteiger partial charge in [0, 0.05) is 94.0 Å². The zero-order valence-corrected chi connectivity index (χ0v) is 57.9. The molecule has 10 rings (SSSR count). The topological polar surface area (TPSA) is 459 Å². The average molecular weight is 1430 g/mol. The number of piperidine rings is 1. The Kier molecular flexibility index (Phi) is 26.7. The minimum atomic E-state index is -2.15. The van der Waals surface area contributed by atoms with Crippen LogP contribution in [-0.2, 0) is 44.7 Å². The second kappa shape index (κ2) is 35.5. The van der Waals surface area contributed by atoms with Crippen molar-refractivity contribution in [1.82, 2.24) is 61.9 Å². The van der Waals surface area contributed by atoms with Gasteiger partial charge in [0.15, 0.2) is 11.5 Å². The summed E-state index contributed by atoms with van der Waals surface area (Å²) in [6, 6.07) is 1.34. The van der Waals surface area contributed by atoms with Crippen LogP contribution >= 0.6 is 11.3 Å². The number of hydrogen-bond acceptors (Lipinski definition) is 25. The fourth-order valence-corrected chi connectivity index (χ4v) is 15.5. The molecule has 32 heteroatoms. The van der Waals surface area contributed by atoms with Gasteiger partial charge in [-0.15, -0.1) is 10.2 Å². The molecule has 4 saturated heterocycles. The minimum Gasteiger partial charge on any atom is -0.504 e. The van der Waals surface area contributed by atoms with Gasteiger partial charge < -0.3 is 103 Å². The molecule has 16 N–H and O–H groups in total. The molecule has 2 saturated carbocycles. The molecule has 2 aromatic heterocycles. The number of phenolic OH excluding ortho intramolecular Hbond substituents is 1. The predicted octanol–water partition coefficient (Wildman–Crippen LogP) is -1.40.